The first kappa shape index (κ1) is 12.6. The van der Waals surface area contributed by atoms with Crippen molar-refractivity contribution in [2.45, 2.75) is 18.9 Å². The van der Waals surface area contributed by atoms with Crippen molar-refractivity contribution in [1.82, 2.24) is 4.98 Å². The number of methoxy groups -OCH3 is 1. The molecular weight excluding hydrogens is 232 g/mol. The van der Waals surface area contributed by atoms with E-state index >= 15 is 0 Å². The van der Waals surface area contributed by atoms with Crippen molar-refractivity contribution in [3.05, 3.63) is 23.9 Å². The van der Waals surface area contributed by atoms with E-state index in [1.54, 1.807) is 25.4 Å². The molecule has 0 amide bonds. The highest BCUT2D eigenvalue weighted by atomic mass is 16.5. The van der Waals surface area contributed by atoms with Gasteiger partial charge in [-0.1, -0.05) is 5.16 Å². The van der Waals surface area contributed by atoms with E-state index in [0.29, 0.717) is 11.7 Å². The minimum atomic E-state index is 0.0898. The van der Waals surface area contributed by atoms with Crippen LogP contribution in [0.3, 0.4) is 0 Å². The van der Waals surface area contributed by atoms with Gasteiger partial charge >= 0.3 is 0 Å². The molecule has 0 aromatic carbocycles. The number of anilines is 1. The first-order chi connectivity index (χ1) is 8.76. The van der Waals surface area contributed by atoms with Gasteiger partial charge in [0.2, 0.25) is 0 Å². The fraction of sp³-hybridized carbons (Fsp3) is 0.500. The topological polar surface area (TPSA) is 84.0 Å². The maximum Gasteiger partial charge on any atom is 0.173 e. The third-order valence-electron chi connectivity index (χ3n) is 3.25. The third kappa shape index (κ3) is 2.53. The second kappa shape index (κ2) is 5.68. The van der Waals surface area contributed by atoms with Crippen molar-refractivity contribution in [2.75, 3.05) is 25.1 Å². The maximum atomic E-state index is 8.79. The predicted molar refractivity (Wildman–Crippen MR) is 69.0 cm³/mol. The second-order valence-corrected chi connectivity index (χ2v) is 4.28. The van der Waals surface area contributed by atoms with Gasteiger partial charge in [0, 0.05) is 26.4 Å². The van der Waals surface area contributed by atoms with Gasteiger partial charge in [0.1, 0.15) is 5.82 Å². The van der Waals surface area contributed by atoms with Crippen LogP contribution >= 0.6 is 0 Å². The molecule has 18 heavy (non-hydrogen) atoms. The fourth-order valence-corrected chi connectivity index (χ4v) is 2.21. The van der Waals surface area contributed by atoms with Gasteiger partial charge < -0.3 is 20.6 Å². The average molecular weight is 250 g/mol. The zero-order valence-electron chi connectivity index (χ0n) is 10.4. The second-order valence-electron chi connectivity index (χ2n) is 4.28. The van der Waals surface area contributed by atoms with E-state index in [9.17, 15) is 0 Å². The van der Waals surface area contributed by atoms with Gasteiger partial charge in [-0.2, -0.15) is 0 Å². The van der Waals surface area contributed by atoms with Crippen molar-refractivity contribution in [3.8, 4) is 0 Å². The van der Waals surface area contributed by atoms with Crippen LogP contribution in [-0.4, -0.2) is 42.3 Å². The van der Waals surface area contributed by atoms with Crippen LogP contribution in [0.4, 0.5) is 5.82 Å². The molecule has 2 heterocycles. The lowest BCUT2D eigenvalue weighted by Crippen LogP contribution is -2.38. The van der Waals surface area contributed by atoms with Crippen molar-refractivity contribution in [3.63, 3.8) is 0 Å². The number of amidine groups is 1. The molecule has 6 heteroatoms. The summed E-state index contributed by atoms with van der Waals surface area (Å²) in [5.41, 5.74) is 6.33. The lowest BCUT2D eigenvalue weighted by Gasteiger charge is -2.32. The number of ether oxygens (including phenoxy) is 1. The van der Waals surface area contributed by atoms with E-state index in [2.05, 4.69) is 15.0 Å². The average Bonchev–Trinajstić information content (AvgIpc) is 2.46. The molecule has 0 unspecified atom stereocenters. The summed E-state index contributed by atoms with van der Waals surface area (Å²) in [5.74, 6) is 0.856. The molecule has 1 aromatic rings. The van der Waals surface area contributed by atoms with E-state index in [1.165, 1.54) is 0 Å². The molecule has 0 aliphatic carbocycles. The standard InChI is InChI=1S/C12H18N4O2/c1-18-9-4-7-16(8-5-9)12-10(11(13)15-17)3-2-6-14-12/h2-3,6,9,17H,4-5,7-8H2,1H3,(H2,13,15). The van der Waals surface area contributed by atoms with E-state index in [-0.39, 0.29) is 5.84 Å². The Bertz CT molecular complexity index is 428. The zero-order valence-corrected chi connectivity index (χ0v) is 10.4. The minimum Gasteiger partial charge on any atom is -0.409 e. The fourth-order valence-electron chi connectivity index (χ4n) is 2.21. The Labute approximate surface area is 106 Å². The van der Waals surface area contributed by atoms with Crippen LogP contribution in [0.15, 0.2) is 23.5 Å². The number of nitrogens with zero attached hydrogens (tertiary/aromatic N) is 3. The van der Waals surface area contributed by atoms with Crippen LogP contribution < -0.4 is 10.6 Å². The molecule has 1 fully saturated rings. The summed E-state index contributed by atoms with van der Waals surface area (Å²) in [6.07, 6.45) is 3.95. The van der Waals surface area contributed by atoms with E-state index < -0.39 is 0 Å². The van der Waals surface area contributed by atoms with E-state index in [0.717, 1.165) is 31.7 Å². The Morgan fingerprint density at radius 3 is 2.89 bits per heavy atom. The van der Waals surface area contributed by atoms with Gasteiger partial charge in [-0.05, 0) is 25.0 Å². The number of nitrogens with two attached hydrogens (primary N) is 1. The molecule has 0 bridgehead atoms. The number of oxime groups is 1. The van der Waals surface area contributed by atoms with E-state index in [1.807, 2.05) is 0 Å². The first-order valence-electron chi connectivity index (χ1n) is 5.97. The molecule has 1 aliphatic heterocycles. The van der Waals surface area contributed by atoms with Crippen LogP contribution in [0.1, 0.15) is 18.4 Å². The Balaban J connectivity index is 2.19. The molecule has 0 saturated carbocycles. The number of hydrogen-bond donors (Lipinski definition) is 2. The lowest BCUT2D eigenvalue weighted by molar-refractivity contribution is 0.0818. The van der Waals surface area contributed by atoms with E-state index in [4.69, 9.17) is 15.7 Å². The van der Waals surface area contributed by atoms with Gasteiger partial charge in [-0.3, -0.25) is 0 Å². The summed E-state index contributed by atoms with van der Waals surface area (Å²) in [6.45, 7) is 1.72. The van der Waals surface area contributed by atoms with Crippen LogP contribution in [0.25, 0.3) is 0 Å². The Hall–Kier alpha value is -1.82. The zero-order chi connectivity index (χ0) is 13.0. The van der Waals surface area contributed by atoms with Gasteiger partial charge in [0.05, 0.1) is 11.7 Å². The third-order valence-corrected chi connectivity index (χ3v) is 3.25. The predicted octanol–water partition coefficient (Wildman–Crippen LogP) is 0.791. The lowest BCUT2D eigenvalue weighted by atomic mass is 10.1. The Kier molecular flexibility index (Phi) is 3.99. The summed E-state index contributed by atoms with van der Waals surface area (Å²) in [4.78, 5) is 6.48. The molecule has 6 nitrogen and oxygen atoms in total. The molecule has 0 spiro atoms. The van der Waals surface area contributed by atoms with Gasteiger partial charge in [-0.25, -0.2) is 4.98 Å². The summed E-state index contributed by atoms with van der Waals surface area (Å²) in [7, 11) is 1.74. The molecule has 1 saturated heterocycles. The molecule has 0 radical (unpaired) electrons. The minimum absolute atomic E-state index is 0.0898. The van der Waals surface area contributed by atoms with Crippen molar-refractivity contribution >= 4 is 11.7 Å². The molecular formula is C12H18N4O2. The summed E-state index contributed by atoms with van der Waals surface area (Å²) in [6, 6.07) is 3.58. The summed E-state index contributed by atoms with van der Waals surface area (Å²) in [5, 5.41) is 11.8. The number of aromatic nitrogens is 1. The van der Waals surface area contributed by atoms with Crippen LogP contribution in [0, 0.1) is 0 Å². The number of piperidine rings is 1. The monoisotopic (exact) mass is 250 g/mol. The summed E-state index contributed by atoms with van der Waals surface area (Å²) < 4.78 is 5.34. The van der Waals surface area contributed by atoms with Crippen molar-refractivity contribution < 1.29 is 9.94 Å². The SMILES string of the molecule is COC1CCN(c2ncccc2/C(N)=N/O)CC1. The van der Waals surface area contributed by atoms with Crippen molar-refractivity contribution in [1.29, 1.82) is 0 Å². The first-order valence-corrected chi connectivity index (χ1v) is 5.97. The van der Waals surface area contributed by atoms with Crippen LogP contribution in [0.5, 0.6) is 0 Å². The highest BCUT2D eigenvalue weighted by molar-refractivity contribution is 6.01. The Morgan fingerprint density at radius 2 is 2.28 bits per heavy atom. The van der Waals surface area contributed by atoms with Gasteiger partial charge in [-0.15, -0.1) is 0 Å². The smallest absolute Gasteiger partial charge is 0.173 e. The van der Waals surface area contributed by atoms with Crippen LogP contribution in [-0.2, 0) is 4.74 Å². The van der Waals surface area contributed by atoms with Gasteiger partial charge in [0.15, 0.2) is 5.84 Å². The Morgan fingerprint density at radius 1 is 1.56 bits per heavy atom. The molecule has 0 atom stereocenters. The van der Waals surface area contributed by atoms with Crippen molar-refractivity contribution in [2.24, 2.45) is 10.9 Å². The molecule has 1 aliphatic rings. The number of pyridine rings is 1. The quantitative estimate of drug-likeness (QED) is 0.358. The number of rotatable bonds is 3. The summed E-state index contributed by atoms with van der Waals surface area (Å²) >= 11 is 0. The molecule has 3 N–H and O–H groups in total. The van der Waals surface area contributed by atoms with Gasteiger partial charge in [0.25, 0.3) is 0 Å². The highest BCUT2D eigenvalue weighted by Crippen LogP contribution is 2.22. The molecule has 98 valence electrons. The van der Waals surface area contributed by atoms with Crippen LogP contribution in [0.2, 0.25) is 0 Å². The highest BCUT2D eigenvalue weighted by Gasteiger charge is 2.22. The number of hydrogen-bond acceptors (Lipinski definition) is 5. The normalized spacial score (nSPS) is 18.1. The molecule has 1 aromatic heterocycles. The maximum absolute atomic E-state index is 8.79. The molecule has 2 rings (SSSR count). The largest absolute Gasteiger partial charge is 0.409 e.